The van der Waals surface area contributed by atoms with Crippen LogP contribution in [0.15, 0.2) is 12.2 Å². The van der Waals surface area contributed by atoms with E-state index in [1.54, 1.807) is 0 Å². The van der Waals surface area contributed by atoms with Crippen LogP contribution in [0.5, 0.6) is 0 Å². The van der Waals surface area contributed by atoms with E-state index >= 15 is 0 Å². The van der Waals surface area contributed by atoms with E-state index in [-0.39, 0.29) is 12.0 Å². The van der Waals surface area contributed by atoms with Crippen molar-refractivity contribution in [2.75, 3.05) is 6.61 Å². The van der Waals surface area contributed by atoms with Crippen LogP contribution < -0.4 is 0 Å². The molecule has 2 nitrogen and oxygen atoms in total. The van der Waals surface area contributed by atoms with Gasteiger partial charge in [-0.05, 0) is 30.3 Å². The molecule has 14 heavy (non-hydrogen) atoms. The van der Waals surface area contributed by atoms with E-state index in [9.17, 15) is 10.2 Å². The van der Waals surface area contributed by atoms with Crippen LogP contribution in [0, 0.1) is 17.3 Å². The molecule has 2 N–H and O–H groups in total. The van der Waals surface area contributed by atoms with Gasteiger partial charge in [0.25, 0.3) is 0 Å². The van der Waals surface area contributed by atoms with E-state index in [4.69, 9.17) is 0 Å². The third-order valence-electron chi connectivity index (χ3n) is 4.41. The number of hydrogen-bond donors (Lipinski definition) is 2. The number of hydrogen-bond acceptors (Lipinski definition) is 2. The van der Waals surface area contributed by atoms with Gasteiger partial charge in [0.2, 0.25) is 0 Å². The van der Waals surface area contributed by atoms with Crippen LogP contribution in [-0.4, -0.2) is 22.9 Å². The van der Waals surface area contributed by atoms with Crippen molar-refractivity contribution in [3.63, 3.8) is 0 Å². The fourth-order valence-electron chi connectivity index (χ4n) is 3.40. The second-order valence-corrected chi connectivity index (χ2v) is 5.14. The molecule has 0 bridgehead atoms. The molecule has 2 heteroatoms. The SMILES string of the molecule is C=C1[C@@H]2CCCC[C@H]2[C@](C)(CO)[C@H]1O. The zero-order valence-electron chi connectivity index (χ0n) is 8.87. The minimum absolute atomic E-state index is 0.0777. The topological polar surface area (TPSA) is 40.5 Å². The average molecular weight is 196 g/mol. The van der Waals surface area contributed by atoms with Crippen molar-refractivity contribution in [2.24, 2.45) is 17.3 Å². The molecule has 0 unspecified atom stereocenters. The summed E-state index contributed by atoms with van der Waals surface area (Å²) in [5, 5.41) is 19.5. The van der Waals surface area contributed by atoms with Crippen LogP contribution in [0.2, 0.25) is 0 Å². The van der Waals surface area contributed by atoms with Gasteiger partial charge in [0.15, 0.2) is 0 Å². The van der Waals surface area contributed by atoms with Gasteiger partial charge in [-0.25, -0.2) is 0 Å². The van der Waals surface area contributed by atoms with Gasteiger partial charge in [-0.2, -0.15) is 0 Å². The molecule has 0 aromatic heterocycles. The first-order chi connectivity index (χ1) is 6.61. The second kappa shape index (κ2) is 3.35. The van der Waals surface area contributed by atoms with Crippen molar-refractivity contribution in [1.29, 1.82) is 0 Å². The van der Waals surface area contributed by atoms with Crippen LogP contribution in [0.1, 0.15) is 32.6 Å². The Balaban J connectivity index is 2.30. The highest BCUT2D eigenvalue weighted by atomic mass is 16.3. The van der Waals surface area contributed by atoms with E-state index in [1.807, 2.05) is 6.92 Å². The summed E-state index contributed by atoms with van der Waals surface area (Å²) < 4.78 is 0. The van der Waals surface area contributed by atoms with Gasteiger partial charge in [0.1, 0.15) is 0 Å². The molecule has 2 aliphatic rings. The summed E-state index contributed by atoms with van der Waals surface area (Å²) in [6.07, 6.45) is 4.26. The first-order valence-electron chi connectivity index (χ1n) is 5.59. The van der Waals surface area contributed by atoms with Crippen LogP contribution in [0.3, 0.4) is 0 Å². The standard InChI is InChI=1S/C12H20O2/c1-8-9-5-3-4-6-10(9)12(2,7-13)11(8)14/h9-11,13-14H,1,3-7H2,2H3/t9-,10+,11-,12-/m0/s1. The number of rotatable bonds is 1. The van der Waals surface area contributed by atoms with Gasteiger partial charge < -0.3 is 10.2 Å². The lowest BCUT2D eigenvalue weighted by molar-refractivity contribution is -0.00837. The average Bonchev–Trinajstić information content (AvgIpc) is 2.43. The minimum atomic E-state index is -0.499. The Kier molecular flexibility index (Phi) is 2.44. The molecule has 2 aliphatic carbocycles. The molecule has 2 rings (SSSR count). The van der Waals surface area contributed by atoms with Crippen molar-refractivity contribution in [3.05, 3.63) is 12.2 Å². The Morgan fingerprint density at radius 2 is 2.07 bits per heavy atom. The number of aliphatic hydroxyl groups excluding tert-OH is 2. The monoisotopic (exact) mass is 196 g/mol. The Bertz CT molecular complexity index is 249. The molecule has 0 spiro atoms. The first kappa shape index (κ1) is 10.2. The summed E-state index contributed by atoms with van der Waals surface area (Å²) in [5.74, 6) is 0.902. The van der Waals surface area contributed by atoms with Gasteiger partial charge in [-0.15, -0.1) is 0 Å². The largest absolute Gasteiger partial charge is 0.396 e. The lowest BCUT2D eigenvalue weighted by Gasteiger charge is -2.36. The summed E-state index contributed by atoms with van der Waals surface area (Å²) in [6.45, 7) is 6.08. The maximum atomic E-state index is 10.1. The molecule has 0 aromatic rings. The highest BCUT2D eigenvalue weighted by Gasteiger charge is 2.53. The third-order valence-corrected chi connectivity index (χ3v) is 4.41. The molecular formula is C12H20O2. The maximum Gasteiger partial charge on any atom is 0.0828 e. The predicted molar refractivity (Wildman–Crippen MR) is 55.8 cm³/mol. The Morgan fingerprint density at radius 3 is 2.71 bits per heavy atom. The molecular weight excluding hydrogens is 176 g/mol. The zero-order chi connectivity index (χ0) is 10.3. The van der Waals surface area contributed by atoms with E-state index in [0.717, 1.165) is 18.4 Å². The van der Waals surface area contributed by atoms with Gasteiger partial charge in [0.05, 0.1) is 12.7 Å². The van der Waals surface area contributed by atoms with E-state index in [0.29, 0.717) is 11.8 Å². The van der Waals surface area contributed by atoms with Gasteiger partial charge in [-0.3, -0.25) is 0 Å². The fraction of sp³-hybridized carbons (Fsp3) is 0.833. The molecule has 0 heterocycles. The molecule has 2 fully saturated rings. The van der Waals surface area contributed by atoms with Crippen molar-refractivity contribution in [3.8, 4) is 0 Å². The lowest BCUT2D eigenvalue weighted by atomic mass is 9.70. The lowest BCUT2D eigenvalue weighted by Crippen LogP contribution is -2.37. The van der Waals surface area contributed by atoms with Crippen LogP contribution in [-0.2, 0) is 0 Å². The first-order valence-corrected chi connectivity index (χ1v) is 5.59. The van der Waals surface area contributed by atoms with Crippen molar-refractivity contribution in [2.45, 2.75) is 38.7 Å². The van der Waals surface area contributed by atoms with Crippen LogP contribution >= 0.6 is 0 Å². The molecule has 4 atom stereocenters. The van der Waals surface area contributed by atoms with E-state index in [1.165, 1.54) is 12.8 Å². The molecule has 80 valence electrons. The van der Waals surface area contributed by atoms with Gasteiger partial charge >= 0.3 is 0 Å². The molecule has 0 aliphatic heterocycles. The van der Waals surface area contributed by atoms with Crippen LogP contribution in [0.4, 0.5) is 0 Å². The highest BCUT2D eigenvalue weighted by molar-refractivity contribution is 5.23. The summed E-state index contributed by atoms with van der Waals surface area (Å²) in [5.41, 5.74) is 0.633. The third kappa shape index (κ3) is 1.17. The summed E-state index contributed by atoms with van der Waals surface area (Å²) in [4.78, 5) is 0. The molecule has 2 saturated carbocycles. The molecule has 0 amide bonds. The Morgan fingerprint density at radius 1 is 1.43 bits per heavy atom. The highest BCUT2D eigenvalue weighted by Crippen LogP contribution is 2.54. The summed E-state index contributed by atoms with van der Waals surface area (Å²) in [7, 11) is 0. The van der Waals surface area contributed by atoms with Gasteiger partial charge in [0, 0.05) is 5.41 Å². The van der Waals surface area contributed by atoms with Crippen molar-refractivity contribution in [1.82, 2.24) is 0 Å². The Hall–Kier alpha value is -0.340. The summed E-state index contributed by atoms with van der Waals surface area (Å²) >= 11 is 0. The van der Waals surface area contributed by atoms with Crippen molar-refractivity contribution >= 4 is 0 Å². The predicted octanol–water partition coefficient (Wildman–Crippen LogP) is 1.72. The van der Waals surface area contributed by atoms with Crippen molar-refractivity contribution < 1.29 is 10.2 Å². The second-order valence-electron chi connectivity index (χ2n) is 5.14. The Labute approximate surface area is 85.6 Å². The zero-order valence-corrected chi connectivity index (χ0v) is 8.87. The van der Waals surface area contributed by atoms with E-state index in [2.05, 4.69) is 6.58 Å². The minimum Gasteiger partial charge on any atom is -0.396 e. The van der Waals surface area contributed by atoms with Gasteiger partial charge in [-0.1, -0.05) is 26.3 Å². The van der Waals surface area contributed by atoms with E-state index < -0.39 is 6.10 Å². The molecule has 0 saturated heterocycles. The quantitative estimate of drug-likeness (QED) is 0.627. The molecule has 0 radical (unpaired) electrons. The van der Waals surface area contributed by atoms with Crippen LogP contribution in [0.25, 0.3) is 0 Å². The normalized spacial score (nSPS) is 47.9. The molecule has 0 aromatic carbocycles. The summed E-state index contributed by atoms with van der Waals surface area (Å²) in [6, 6.07) is 0. The number of aliphatic hydroxyl groups is 2. The maximum absolute atomic E-state index is 10.1. The smallest absolute Gasteiger partial charge is 0.0828 e. The number of fused-ring (bicyclic) bond motifs is 1. The fourth-order valence-corrected chi connectivity index (χ4v) is 3.40.